The number of benzene rings is 2. The van der Waals surface area contributed by atoms with Gasteiger partial charge in [0.1, 0.15) is 22.5 Å². The average Bonchev–Trinajstić information content (AvgIpc) is 2.86. The highest BCUT2D eigenvalue weighted by molar-refractivity contribution is 9.10. The molecule has 0 aliphatic carbocycles. The fourth-order valence-electron chi connectivity index (χ4n) is 2.15. The number of carbonyl (C=O) groups is 1. The molecule has 25 heavy (non-hydrogen) atoms. The summed E-state index contributed by atoms with van der Waals surface area (Å²) >= 11 is 15.6. The summed E-state index contributed by atoms with van der Waals surface area (Å²) in [4.78, 5) is 12.3. The number of carbonyl (C=O) groups excluding carboxylic acids is 1. The third kappa shape index (κ3) is 4.41. The Morgan fingerprint density at radius 1 is 1.36 bits per heavy atom. The van der Waals surface area contributed by atoms with Crippen LogP contribution in [0.2, 0.25) is 5.02 Å². The van der Waals surface area contributed by atoms with Gasteiger partial charge in [-0.2, -0.15) is 0 Å². The van der Waals surface area contributed by atoms with Crippen molar-refractivity contribution >= 4 is 67.8 Å². The molecule has 1 N–H and O–H groups in total. The molecule has 0 unspecified atom stereocenters. The Balaban J connectivity index is 1.88. The van der Waals surface area contributed by atoms with Crippen LogP contribution < -0.4 is 10.1 Å². The van der Waals surface area contributed by atoms with Crippen LogP contribution in [0.15, 0.2) is 45.8 Å². The summed E-state index contributed by atoms with van der Waals surface area (Å²) < 4.78 is 20.9. The topological polar surface area (TPSA) is 38.3 Å². The molecule has 128 valence electrons. The van der Waals surface area contributed by atoms with Crippen LogP contribution in [0.3, 0.4) is 0 Å². The van der Waals surface area contributed by atoms with Crippen LogP contribution in [0, 0.1) is 5.82 Å². The lowest BCUT2D eigenvalue weighted by molar-refractivity contribution is -0.115. The highest BCUT2D eigenvalue weighted by Gasteiger charge is 2.22. The van der Waals surface area contributed by atoms with Gasteiger partial charge in [0.05, 0.1) is 9.93 Å². The summed E-state index contributed by atoms with van der Waals surface area (Å²) in [6, 6.07) is 9.81. The smallest absolute Gasteiger partial charge is 0.263 e. The van der Waals surface area contributed by atoms with Gasteiger partial charge < -0.3 is 10.1 Å². The van der Waals surface area contributed by atoms with Gasteiger partial charge >= 0.3 is 0 Å². The quantitative estimate of drug-likeness (QED) is 0.498. The molecule has 2 aromatic rings. The van der Waals surface area contributed by atoms with E-state index in [-0.39, 0.29) is 18.1 Å². The van der Waals surface area contributed by atoms with Gasteiger partial charge in [-0.1, -0.05) is 57.6 Å². The molecule has 1 heterocycles. The summed E-state index contributed by atoms with van der Waals surface area (Å²) in [5.74, 6) is -0.181. The van der Waals surface area contributed by atoms with Gasteiger partial charge in [0.15, 0.2) is 0 Å². The maximum Gasteiger partial charge on any atom is 0.263 e. The Morgan fingerprint density at radius 3 is 2.84 bits per heavy atom. The summed E-state index contributed by atoms with van der Waals surface area (Å²) in [5, 5.41) is 2.86. The summed E-state index contributed by atoms with van der Waals surface area (Å²) in [6.07, 6.45) is 1.68. The molecule has 2 aromatic carbocycles. The molecule has 0 aromatic heterocycles. The molecule has 8 heteroatoms. The molecule has 0 spiro atoms. The molecule has 0 radical (unpaired) electrons. The van der Waals surface area contributed by atoms with Crippen molar-refractivity contribution < 1.29 is 13.9 Å². The van der Waals surface area contributed by atoms with E-state index >= 15 is 0 Å². The zero-order valence-electron chi connectivity index (χ0n) is 12.5. The van der Waals surface area contributed by atoms with Crippen molar-refractivity contribution in [1.82, 2.24) is 5.32 Å². The molecule has 3 nitrogen and oxygen atoms in total. The molecule has 1 fully saturated rings. The number of amides is 1. The maximum atomic E-state index is 13.9. The second kappa shape index (κ2) is 7.86. The molecular weight excluding hydrogens is 449 g/mol. The van der Waals surface area contributed by atoms with E-state index in [0.717, 1.165) is 4.47 Å². The normalized spacial score (nSPS) is 15.6. The first-order valence-corrected chi connectivity index (χ1v) is 9.43. The van der Waals surface area contributed by atoms with Gasteiger partial charge in [-0.3, -0.25) is 4.79 Å². The highest BCUT2D eigenvalue weighted by atomic mass is 79.9. The molecular formula is C17H10BrClFNO2S2. The van der Waals surface area contributed by atoms with Gasteiger partial charge in [-0.05, 0) is 36.4 Å². The average molecular weight is 459 g/mol. The number of hydrogen-bond donors (Lipinski definition) is 1. The van der Waals surface area contributed by atoms with Crippen molar-refractivity contribution in [2.75, 3.05) is 0 Å². The standard InChI is InChI=1S/C17H10BrClFNO2S2/c18-10-4-5-14(23-8-11-12(19)2-1-3-13(11)20)9(6-10)7-15-16(22)21-17(24)25-15/h1-7H,8H2,(H,21,22,24)/b15-7-. The third-order valence-corrected chi connectivity index (χ3v) is 5.34. The molecule has 1 amide bonds. The summed E-state index contributed by atoms with van der Waals surface area (Å²) in [6.45, 7) is -0.0267. The number of rotatable bonds is 4. The Kier molecular flexibility index (Phi) is 5.78. The van der Waals surface area contributed by atoms with Crippen molar-refractivity contribution in [1.29, 1.82) is 0 Å². The Labute approximate surface area is 166 Å². The number of ether oxygens (including phenoxy) is 1. The van der Waals surface area contributed by atoms with Crippen molar-refractivity contribution in [2.45, 2.75) is 6.61 Å². The number of halogens is 3. The zero-order valence-corrected chi connectivity index (χ0v) is 16.5. The van der Waals surface area contributed by atoms with E-state index in [1.807, 2.05) is 0 Å². The minimum absolute atomic E-state index is 0.0267. The first-order chi connectivity index (χ1) is 11.9. The van der Waals surface area contributed by atoms with E-state index in [9.17, 15) is 9.18 Å². The summed E-state index contributed by atoms with van der Waals surface area (Å²) in [5.41, 5.74) is 0.948. The lowest BCUT2D eigenvalue weighted by Crippen LogP contribution is -2.17. The number of thioether (sulfide) groups is 1. The molecule has 3 rings (SSSR count). The second-order valence-electron chi connectivity index (χ2n) is 5.02. The fraction of sp³-hybridized carbons (Fsp3) is 0.0588. The van der Waals surface area contributed by atoms with E-state index < -0.39 is 5.82 Å². The van der Waals surface area contributed by atoms with E-state index in [2.05, 4.69) is 21.2 Å². The van der Waals surface area contributed by atoms with Crippen LogP contribution >= 0.6 is 51.5 Å². The minimum Gasteiger partial charge on any atom is -0.488 e. The van der Waals surface area contributed by atoms with Crippen LogP contribution in [-0.2, 0) is 11.4 Å². The SMILES string of the molecule is O=C1NC(=S)S/C1=C\c1cc(Br)ccc1OCc1c(F)cccc1Cl. The molecule has 0 bridgehead atoms. The van der Waals surface area contributed by atoms with Crippen molar-refractivity contribution in [3.63, 3.8) is 0 Å². The summed E-state index contributed by atoms with van der Waals surface area (Å²) in [7, 11) is 0. The highest BCUT2D eigenvalue weighted by Crippen LogP contribution is 2.32. The van der Waals surface area contributed by atoms with Crippen molar-refractivity contribution in [3.05, 3.63) is 67.7 Å². The molecule has 0 atom stereocenters. The van der Waals surface area contributed by atoms with Gasteiger partial charge in [0, 0.05) is 15.6 Å². The monoisotopic (exact) mass is 457 g/mol. The van der Waals surface area contributed by atoms with Crippen molar-refractivity contribution in [2.24, 2.45) is 0 Å². The van der Waals surface area contributed by atoms with Gasteiger partial charge in [-0.25, -0.2) is 4.39 Å². The van der Waals surface area contributed by atoms with Crippen LogP contribution in [0.5, 0.6) is 5.75 Å². The predicted octanol–water partition coefficient (Wildman–Crippen LogP) is 5.31. The van der Waals surface area contributed by atoms with E-state index in [4.69, 9.17) is 28.6 Å². The molecule has 0 saturated carbocycles. The van der Waals surface area contributed by atoms with E-state index in [0.29, 0.717) is 25.6 Å². The first-order valence-electron chi connectivity index (χ1n) is 7.04. The molecule has 1 aliphatic rings. The fourth-order valence-corrected chi connectivity index (χ4v) is 3.78. The van der Waals surface area contributed by atoms with Gasteiger partial charge in [-0.15, -0.1) is 0 Å². The number of nitrogens with one attached hydrogen (secondary N) is 1. The maximum absolute atomic E-state index is 13.9. The Bertz CT molecular complexity index is 884. The first kappa shape index (κ1) is 18.4. The molecule has 1 saturated heterocycles. The van der Waals surface area contributed by atoms with Crippen LogP contribution in [-0.4, -0.2) is 10.2 Å². The van der Waals surface area contributed by atoms with Gasteiger partial charge in [0.25, 0.3) is 5.91 Å². The van der Waals surface area contributed by atoms with Crippen LogP contribution in [0.4, 0.5) is 4.39 Å². The lowest BCUT2D eigenvalue weighted by atomic mass is 10.1. The third-order valence-electron chi connectivity index (χ3n) is 3.33. The zero-order chi connectivity index (χ0) is 18.0. The lowest BCUT2D eigenvalue weighted by Gasteiger charge is -2.12. The largest absolute Gasteiger partial charge is 0.488 e. The van der Waals surface area contributed by atoms with Crippen LogP contribution in [0.1, 0.15) is 11.1 Å². The minimum atomic E-state index is -0.430. The molecule has 1 aliphatic heterocycles. The van der Waals surface area contributed by atoms with Crippen LogP contribution in [0.25, 0.3) is 6.08 Å². The predicted molar refractivity (Wildman–Crippen MR) is 106 cm³/mol. The Hall–Kier alpha value is -1.41. The number of hydrogen-bond acceptors (Lipinski definition) is 4. The Morgan fingerprint density at radius 2 is 2.16 bits per heavy atom. The van der Waals surface area contributed by atoms with E-state index in [1.165, 1.54) is 23.9 Å². The van der Waals surface area contributed by atoms with Gasteiger partial charge in [0.2, 0.25) is 0 Å². The second-order valence-corrected chi connectivity index (χ2v) is 8.07. The van der Waals surface area contributed by atoms with E-state index in [1.54, 1.807) is 30.3 Å². The van der Waals surface area contributed by atoms with Crippen molar-refractivity contribution in [3.8, 4) is 5.75 Å². The number of thiocarbonyl (C=S) groups is 1.